The summed E-state index contributed by atoms with van der Waals surface area (Å²) in [6.07, 6.45) is 0.517. The van der Waals surface area contributed by atoms with Gasteiger partial charge in [0.05, 0.1) is 18.9 Å². The molecule has 11 N–H and O–H groups in total. The quantitative estimate of drug-likeness (QED) is 0.135. The third-order valence-corrected chi connectivity index (χ3v) is 5.76. The molecule has 0 fully saturated rings. The zero-order valence-corrected chi connectivity index (χ0v) is 21.0. The Bertz CT molecular complexity index is 1210. The number of benzene rings is 1. The van der Waals surface area contributed by atoms with Gasteiger partial charge in [0.15, 0.2) is 0 Å². The molecule has 4 unspecified atom stereocenters. The van der Waals surface area contributed by atoms with Gasteiger partial charge in [0, 0.05) is 23.5 Å². The fourth-order valence-electron chi connectivity index (χ4n) is 3.77. The van der Waals surface area contributed by atoms with Crippen molar-refractivity contribution < 1.29 is 33.9 Å². The molecule has 1 heterocycles. The standard InChI is InChI=1S/C24H33N7O7/c1-11(2)20(31-22(35)16(9-19(27)33)29-21(34)14(25)8-18(26)32)23(36)30-17(24(37)38)7-12-10-28-15-6-4-3-5-13(12)15/h3-6,10-11,14,16-17,20,28H,7-9,25H2,1-2H3,(H2,26,32)(H2,27,33)(H,29,34)(H,30,36)(H,31,35)(H,37,38). The number of rotatable bonds is 14. The Kier molecular flexibility index (Phi) is 10.3. The molecule has 0 saturated heterocycles. The molecule has 38 heavy (non-hydrogen) atoms. The van der Waals surface area contributed by atoms with Crippen molar-refractivity contribution in [3.63, 3.8) is 0 Å². The molecule has 0 aliphatic rings. The molecule has 206 valence electrons. The number of nitrogens with two attached hydrogens (primary N) is 3. The van der Waals surface area contributed by atoms with Crippen molar-refractivity contribution in [2.45, 2.75) is 57.3 Å². The van der Waals surface area contributed by atoms with Gasteiger partial charge in [-0.1, -0.05) is 32.0 Å². The number of H-pyrrole nitrogens is 1. The van der Waals surface area contributed by atoms with Gasteiger partial charge in [0.2, 0.25) is 29.5 Å². The predicted octanol–water partition coefficient (Wildman–Crippen LogP) is -2.02. The molecule has 0 aliphatic heterocycles. The molecule has 5 amide bonds. The molecule has 2 aromatic rings. The van der Waals surface area contributed by atoms with Crippen LogP contribution in [0.2, 0.25) is 0 Å². The zero-order valence-electron chi connectivity index (χ0n) is 21.0. The Morgan fingerprint density at radius 1 is 0.868 bits per heavy atom. The molecule has 0 aliphatic carbocycles. The van der Waals surface area contributed by atoms with E-state index in [0.29, 0.717) is 5.56 Å². The molecular formula is C24H33N7O7. The number of carbonyl (C=O) groups is 6. The largest absolute Gasteiger partial charge is 0.480 e. The van der Waals surface area contributed by atoms with Crippen molar-refractivity contribution in [1.29, 1.82) is 0 Å². The highest BCUT2D eigenvalue weighted by atomic mass is 16.4. The summed E-state index contributed by atoms with van der Waals surface area (Å²) in [7, 11) is 0. The number of aliphatic carboxylic acids is 1. The number of fused-ring (bicyclic) bond motifs is 1. The highest BCUT2D eigenvalue weighted by Crippen LogP contribution is 2.19. The minimum absolute atomic E-state index is 0.0258. The van der Waals surface area contributed by atoms with Gasteiger partial charge >= 0.3 is 5.97 Å². The van der Waals surface area contributed by atoms with Crippen molar-refractivity contribution in [1.82, 2.24) is 20.9 Å². The van der Waals surface area contributed by atoms with Crippen molar-refractivity contribution in [3.8, 4) is 0 Å². The first-order valence-electron chi connectivity index (χ1n) is 11.8. The maximum Gasteiger partial charge on any atom is 0.326 e. The summed E-state index contributed by atoms with van der Waals surface area (Å²) in [6, 6.07) is 1.87. The summed E-state index contributed by atoms with van der Waals surface area (Å²) >= 11 is 0. The highest BCUT2D eigenvalue weighted by Gasteiger charge is 2.33. The van der Waals surface area contributed by atoms with Crippen LogP contribution in [-0.2, 0) is 35.2 Å². The van der Waals surface area contributed by atoms with Crippen LogP contribution in [0.4, 0.5) is 0 Å². The number of nitrogens with one attached hydrogen (secondary N) is 4. The molecule has 1 aromatic carbocycles. The van der Waals surface area contributed by atoms with E-state index < -0.39 is 78.4 Å². The minimum atomic E-state index is -1.51. The van der Waals surface area contributed by atoms with Crippen LogP contribution < -0.4 is 33.2 Å². The van der Waals surface area contributed by atoms with E-state index in [9.17, 15) is 33.9 Å². The van der Waals surface area contributed by atoms with Crippen LogP contribution >= 0.6 is 0 Å². The summed E-state index contributed by atoms with van der Waals surface area (Å²) in [5.74, 6) is -6.20. The number of carboxylic acid groups (broad SMARTS) is 1. The monoisotopic (exact) mass is 531 g/mol. The number of primary amides is 2. The molecule has 2 rings (SSSR count). The first-order valence-corrected chi connectivity index (χ1v) is 11.8. The lowest BCUT2D eigenvalue weighted by molar-refractivity contribution is -0.142. The van der Waals surface area contributed by atoms with Gasteiger partial charge in [-0.25, -0.2) is 4.79 Å². The third-order valence-electron chi connectivity index (χ3n) is 5.76. The fourth-order valence-corrected chi connectivity index (χ4v) is 3.77. The van der Waals surface area contributed by atoms with Gasteiger partial charge in [-0.05, 0) is 17.5 Å². The maximum absolute atomic E-state index is 13.1. The van der Waals surface area contributed by atoms with Crippen LogP contribution in [0, 0.1) is 5.92 Å². The van der Waals surface area contributed by atoms with Gasteiger partial charge in [-0.15, -0.1) is 0 Å². The molecule has 14 nitrogen and oxygen atoms in total. The van der Waals surface area contributed by atoms with E-state index >= 15 is 0 Å². The summed E-state index contributed by atoms with van der Waals surface area (Å²) in [5.41, 5.74) is 17.3. The molecule has 0 radical (unpaired) electrons. The smallest absolute Gasteiger partial charge is 0.326 e. The van der Waals surface area contributed by atoms with Crippen LogP contribution in [0.25, 0.3) is 10.9 Å². The average molecular weight is 532 g/mol. The number of aromatic amines is 1. The Labute approximate surface area is 218 Å². The number of carbonyl (C=O) groups excluding carboxylic acids is 5. The second-order valence-electron chi connectivity index (χ2n) is 9.20. The maximum atomic E-state index is 13.1. The lowest BCUT2D eigenvalue weighted by Gasteiger charge is -2.26. The number of aromatic nitrogens is 1. The number of carboxylic acids is 1. The van der Waals surface area contributed by atoms with Gasteiger partial charge in [0.25, 0.3) is 0 Å². The van der Waals surface area contributed by atoms with E-state index in [4.69, 9.17) is 17.2 Å². The molecule has 14 heteroatoms. The van der Waals surface area contributed by atoms with E-state index in [0.717, 1.165) is 10.9 Å². The molecule has 4 atom stereocenters. The van der Waals surface area contributed by atoms with Gasteiger partial charge in [0.1, 0.15) is 18.1 Å². The van der Waals surface area contributed by atoms with Crippen molar-refractivity contribution >= 4 is 46.4 Å². The van der Waals surface area contributed by atoms with Crippen molar-refractivity contribution in [2.75, 3.05) is 0 Å². The van der Waals surface area contributed by atoms with E-state index in [1.807, 2.05) is 18.2 Å². The number of hydrogen-bond donors (Lipinski definition) is 8. The molecular weight excluding hydrogens is 498 g/mol. The van der Waals surface area contributed by atoms with E-state index in [-0.39, 0.29) is 6.42 Å². The van der Waals surface area contributed by atoms with Crippen molar-refractivity contribution in [2.24, 2.45) is 23.1 Å². The lowest BCUT2D eigenvalue weighted by atomic mass is 10.0. The Balaban J connectivity index is 2.16. The molecule has 0 bridgehead atoms. The van der Waals surface area contributed by atoms with Gasteiger partial charge in [-0.2, -0.15) is 0 Å². The van der Waals surface area contributed by atoms with E-state index in [1.54, 1.807) is 26.1 Å². The Morgan fingerprint density at radius 2 is 1.47 bits per heavy atom. The summed E-state index contributed by atoms with van der Waals surface area (Å²) < 4.78 is 0. The normalized spacial score (nSPS) is 14.2. The average Bonchev–Trinajstić information content (AvgIpc) is 3.23. The SMILES string of the molecule is CC(C)C(NC(=O)C(CC(N)=O)NC(=O)C(N)CC(N)=O)C(=O)NC(Cc1c[nH]c2ccccc12)C(=O)O. The zero-order chi connectivity index (χ0) is 28.6. The number of para-hydroxylation sites is 1. The highest BCUT2D eigenvalue weighted by molar-refractivity contribution is 5.97. The lowest BCUT2D eigenvalue weighted by Crippen LogP contribution is -2.59. The second kappa shape index (κ2) is 13.2. The molecule has 0 spiro atoms. The number of amides is 5. The first kappa shape index (κ1) is 29.8. The topological polar surface area (TPSA) is 253 Å². The minimum Gasteiger partial charge on any atom is -0.480 e. The van der Waals surface area contributed by atoms with Crippen LogP contribution in [-0.4, -0.2) is 69.8 Å². The van der Waals surface area contributed by atoms with E-state index in [1.165, 1.54) is 0 Å². The van der Waals surface area contributed by atoms with Crippen molar-refractivity contribution in [3.05, 3.63) is 36.0 Å². The Hall–Kier alpha value is -4.46. The van der Waals surface area contributed by atoms with Gasteiger partial charge < -0.3 is 43.2 Å². The van der Waals surface area contributed by atoms with Crippen LogP contribution in [0.1, 0.15) is 32.3 Å². The van der Waals surface area contributed by atoms with E-state index in [2.05, 4.69) is 20.9 Å². The fraction of sp³-hybridized carbons (Fsp3) is 0.417. The second-order valence-corrected chi connectivity index (χ2v) is 9.20. The molecule has 0 saturated carbocycles. The van der Waals surface area contributed by atoms with Crippen LogP contribution in [0.3, 0.4) is 0 Å². The summed E-state index contributed by atoms with van der Waals surface area (Å²) in [4.78, 5) is 75.8. The van der Waals surface area contributed by atoms with Crippen LogP contribution in [0.15, 0.2) is 30.5 Å². The summed E-state index contributed by atoms with van der Waals surface area (Å²) in [5, 5.41) is 17.7. The van der Waals surface area contributed by atoms with Crippen LogP contribution in [0.5, 0.6) is 0 Å². The summed E-state index contributed by atoms with van der Waals surface area (Å²) in [6.45, 7) is 3.23. The molecule has 1 aromatic heterocycles. The van der Waals surface area contributed by atoms with Gasteiger partial charge in [-0.3, -0.25) is 24.0 Å². The third kappa shape index (κ3) is 8.30. The predicted molar refractivity (Wildman–Crippen MR) is 136 cm³/mol. The number of hydrogen-bond acceptors (Lipinski definition) is 7. The first-order chi connectivity index (χ1) is 17.8. The Morgan fingerprint density at radius 3 is 2.05 bits per heavy atom.